The third-order valence-electron chi connectivity index (χ3n) is 12.3. The van der Waals surface area contributed by atoms with Crippen molar-refractivity contribution in [2.45, 2.75) is 150 Å². The molecule has 2 unspecified atom stereocenters. The van der Waals surface area contributed by atoms with E-state index in [1.807, 2.05) is 11.1 Å². The average molecular weight is 525 g/mol. The number of hydrogen-bond donors (Lipinski definition) is 2. The number of rotatable bonds is 5. The third kappa shape index (κ3) is 5.07. The van der Waals surface area contributed by atoms with E-state index in [0.717, 1.165) is 31.6 Å². The van der Waals surface area contributed by atoms with Crippen molar-refractivity contribution in [3.8, 4) is 11.5 Å². The summed E-state index contributed by atoms with van der Waals surface area (Å²) < 4.78 is 0. The van der Waals surface area contributed by atoms with Crippen molar-refractivity contribution < 1.29 is 10.2 Å². The van der Waals surface area contributed by atoms with Crippen LogP contribution in [0, 0.1) is 50.9 Å². The molecule has 4 aliphatic carbocycles. The fourth-order valence-corrected chi connectivity index (χ4v) is 10.5. The molecular weight excluding hydrogens is 468 g/mol. The maximum atomic E-state index is 10.9. The zero-order valence-electron chi connectivity index (χ0n) is 25.6. The predicted octanol–water partition coefficient (Wildman–Crippen LogP) is 8.15. The molecule has 4 rings (SSSR count). The van der Waals surface area contributed by atoms with Crippen LogP contribution >= 0.6 is 0 Å². The first-order chi connectivity index (χ1) is 17.1. The largest absolute Gasteiger partial charge is 0.393 e. The SMILES string of the molecule is C[C@H](CCCC(O)C#C[Si]C(C)(C)C)[C@H]1CC[C@@]2(C)C3=C(CC[C@]12C)[C@@]1(C)CC[C@H](O)C(C)(C)C1CC3. The van der Waals surface area contributed by atoms with Crippen LogP contribution in [0.2, 0.25) is 5.04 Å². The van der Waals surface area contributed by atoms with Gasteiger partial charge in [-0.2, -0.15) is 0 Å². The van der Waals surface area contributed by atoms with E-state index in [4.69, 9.17) is 0 Å². The van der Waals surface area contributed by atoms with Gasteiger partial charge in [0, 0.05) is 0 Å². The molecule has 0 aromatic heterocycles. The minimum Gasteiger partial charge on any atom is -0.393 e. The van der Waals surface area contributed by atoms with Crippen molar-refractivity contribution in [1.29, 1.82) is 0 Å². The van der Waals surface area contributed by atoms with Crippen LogP contribution in [0.15, 0.2) is 11.1 Å². The van der Waals surface area contributed by atoms with Crippen LogP contribution < -0.4 is 0 Å². The molecule has 208 valence electrons. The van der Waals surface area contributed by atoms with E-state index in [1.165, 1.54) is 44.9 Å². The Morgan fingerprint density at radius 3 is 2.32 bits per heavy atom. The quantitative estimate of drug-likeness (QED) is 0.216. The van der Waals surface area contributed by atoms with Gasteiger partial charge in [-0.1, -0.05) is 85.8 Å². The Morgan fingerprint density at radius 1 is 0.946 bits per heavy atom. The lowest BCUT2D eigenvalue weighted by atomic mass is 9.43. The molecule has 0 bridgehead atoms. The van der Waals surface area contributed by atoms with Gasteiger partial charge < -0.3 is 10.2 Å². The summed E-state index contributed by atoms with van der Waals surface area (Å²) in [6.07, 6.45) is 12.4. The van der Waals surface area contributed by atoms with Gasteiger partial charge in [-0.05, 0) is 109 Å². The van der Waals surface area contributed by atoms with Gasteiger partial charge >= 0.3 is 0 Å². The second-order valence-electron chi connectivity index (χ2n) is 15.8. The summed E-state index contributed by atoms with van der Waals surface area (Å²) >= 11 is 0. The Labute approximate surface area is 231 Å². The van der Waals surface area contributed by atoms with Crippen LogP contribution in [0.4, 0.5) is 0 Å². The predicted molar refractivity (Wildman–Crippen MR) is 157 cm³/mol. The molecule has 0 amide bonds. The minimum absolute atomic E-state index is 0.0159. The third-order valence-corrected chi connectivity index (χ3v) is 13.3. The van der Waals surface area contributed by atoms with E-state index in [1.54, 1.807) is 0 Å². The van der Waals surface area contributed by atoms with Gasteiger partial charge in [-0.3, -0.25) is 0 Å². The molecule has 0 saturated heterocycles. The molecule has 0 aromatic carbocycles. The summed E-state index contributed by atoms with van der Waals surface area (Å²) in [5.41, 5.74) is 7.88. The van der Waals surface area contributed by atoms with Crippen molar-refractivity contribution in [1.82, 2.24) is 0 Å². The molecule has 3 heteroatoms. The van der Waals surface area contributed by atoms with E-state index in [2.05, 4.69) is 73.8 Å². The summed E-state index contributed by atoms with van der Waals surface area (Å²) in [5, 5.41) is 21.5. The van der Waals surface area contributed by atoms with Gasteiger partial charge in [0.2, 0.25) is 0 Å². The van der Waals surface area contributed by atoms with E-state index < -0.39 is 6.10 Å². The Morgan fingerprint density at radius 2 is 1.65 bits per heavy atom. The summed E-state index contributed by atoms with van der Waals surface area (Å²) in [6, 6.07) is 0. The molecule has 0 spiro atoms. The molecule has 2 nitrogen and oxygen atoms in total. The number of fused-ring (bicyclic) bond motifs is 4. The Hall–Kier alpha value is -0.563. The standard InChI is InChI=1S/C34H56O2Si/c1-23(11-10-12-24(35)18-22-37-30(2,3)4)25-15-20-34(9)27-13-14-28-31(5,6)29(36)17-19-32(28,7)26(27)16-21-33(25,34)8/h23-25,28-29,35-36H,10-17,19-21H2,1-9H3/t23-,24?,25-,28?,29+,32-,33-,34+/m1/s1. The second kappa shape index (κ2) is 10.1. The van der Waals surface area contributed by atoms with Crippen molar-refractivity contribution >= 4 is 9.52 Å². The van der Waals surface area contributed by atoms with Gasteiger partial charge in [-0.15, -0.1) is 5.54 Å². The van der Waals surface area contributed by atoms with Crippen molar-refractivity contribution in [2.75, 3.05) is 0 Å². The lowest BCUT2D eigenvalue weighted by Gasteiger charge is -2.62. The van der Waals surface area contributed by atoms with E-state index in [-0.39, 0.29) is 22.0 Å². The molecule has 2 saturated carbocycles. The molecule has 2 N–H and O–H groups in total. The zero-order chi connectivity index (χ0) is 27.4. The first-order valence-electron chi connectivity index (χ1n) is 15.4. The molecule has 0 aromatic rings. The average Bonchev–Trinajstić information content (AvgIpc) is 3.07. The number of hydrogen-bond acceptors (Lipinski definition) is 2. The van der Waals surface area contributed by atoms with Gasteiger partial charge in [0.25, 0.3) is 0 Å². The number of aliphatic hydroxyl groups is 2. The molecule has 0 aliphatic heterocycles. The number of aliphatic hydroxyl groups excluding tert-OH is 2. The van der Waals surface area contributed by atoms with Gasteiger partial charge in [0.05, 0.1) is 6.10 Å². The van der Waals surface area contributed by atoms with Gasteiger partial charge in [0.1, 0.15) is 6.10 Å². The fraction of sp³-hybridized carbons (Fsp3) is 0.882. The number of allylic oxidation sites excluding steroid dienone is 2. The van der Waals surface area contributed by atoms with E-state index >= 15 is 0 Å². The maximum absolute atomic E-state index is 10.9. The van der Waals surface area contributed by atoms with Crippen LogP contribution in [0.25, 0.3) is 0 Å². The molecule has 4 aliphatic rings. The molecule has 37 heavy (non-hydrogen) atoms. The molecule has 2 radical (unpaired) electrons. The highest BCUT2D eigenvalue weighted by molar-refractivity contribution is 6.49. The molecule has 0 heterocycles. The van der Waals surface area contributed by atoms with Crippen molar-refractivity contribution in [2.24, 2.45) is 39.4 Å². The molecule has 8 atom stereocenters. The highest BCUT2D eigenvalue weighted by atomic mass is 28.2. The summed E-state index contributed by atoms with van der Waals surface area (Å²) in [5.74, 6) is 5.17. The topological polar surface area (TPSA) is 40.5 Å². The summed E-state index contributed by atoms with van der Waals surface area (Å²) in [6.45, 7) is 21.6. The minimum atomic E-state index is -0.469. The lowest BCUT2D eigenvalue weighted by molar-refractivity contribution is -0.0962. The summed E-state index contributed by atoms with van der Waals surface area (Å²) in [7, 11) is 0.586. The highest BCUT2D eigenvalue weighted by Gasteiger charge is 2.63. The van der Waals surface area contributed by atoms with Gasteiger partial charge in [-0.25, -0.2) is 0 Å². The van der Waals surface area contributed by atoms with Gasteiger partial charge in [0.15, 0.2) is 9.52 Å². The maximum Gasteiger partial charge on any atom is 0.154 e. The second-order valence-corrected chi connectivity index (χ2v) is 17.8. The first kappa shape index (κ1) is 29.4. The lowest BCUT2D eigenvalue weighted by Crippen LogP contribution is -2.55. The molecular formula is C34H56O2Si. The fourth-order valence-electron chi connectivity index (χ4n) is 9.84. The van der Waals surface area contributed by atoms with E-state index in [0.29, 0.717) is 32.2 Å². The van der Waals surface area contributed by atoms with Crippen LogP contribution in [0.3, 0.4) is 0 Å². The van der Waals surface area contributed by atoms with Crippen molar-refractivity contribution in [3.05, 3.63) is 11.1 Å². The highest BCUT2D eigenvalue weighted by Crippen LogP contribution is 2.72. The smallest absolute Gasteiger partial charge is 0.154 e. The Bertz CT molecular complexity index is 947. The Kier molecular flexibility index (Phi) is 8.05. The van der Waals surface area contributed by atoms with Crippen LogP contribution in [0.5, 0.6) is 0 Å². The van der Waals surface area contributed by atoms with Crippen LogP contribution in [-0.4, -0.2) is 31.9 Å². The van der Waals surface area contributed by atoms with Crippen LogP contribution in [0.1, 0.15) is 133 Å². The van der Waals surface area contributed by atoms with E-state index in [9.17, 15) is 10.2 Å². The molecule has 2 fully saturated rings. The summed E-state index contributed by atoms with van der Waals surface area (Å²) in [4.78, 5) is 0. The van der Waals surface area contributed by atoms with Crippen molar-refractivity contribution in [3.63, 3.8) is 0 Å². The zero-order valence-corrected chi connectivity index (χ0v) is 26.6. The normalized spacial score (nSPS) is 40.7. The monoisotopic (exact) mass is 524 g/mol. The Balaban J connectivity index is 1.46. The first-order valence-corrected chi connectivity index (χ1v) is 16.4. The van der Waals surface area contributed by atoms with Crippen LogP contribution in [-0.2, 0) is 0 Å².